The van der Waals surface area contributed by atoms with E-state index in [4.69, 9.17) is 0 Å². The highest BCUT2D eigenvalue weighted by Gasteiger charge is 2.13. The molecule has 0 aliphatic carbocycles. The van der Waals surface area contributed by atoms with E-state index in [0.717, 1.165) is 23.2 Å². The van der Waals surface area contributed by atoms with E-state index >= 15 is 0 Å². The van der Waals surface area contributed by atoms with Gasteiger partial charge in [-0.2, -0.15) is 0 Å². The van der Waals surface area contributed by atoms with Crippen molar-refractivity contribution in [2.45, 2.75) is 39.7 Å². The second kappa shape index (κ2) is 7.10. The predicted octanol–water partition coefficient (Wildman–Crippen LogP) is 4.52. The van der Waals surface area contributed by atoms with Gasteiger partial charge >= 0.3 is 0 Å². The van der Waals surface area contributed by atoms with Crippen LogP contribution in [-0.2, 0) is 6.54 Å². The minimum Gasteiger partial charge on any atom is -0.299 e. The van der Waals surface area contributed by atoms with Crippen molar-refractivity contribution in [2.75, 3.05) is 13.1 Å². The minimum absolute atomic E-state index is 0.118. The number of hydrogen-bond acceptors (Lipinski definition) is 2. The molecule has 3 rings (SSSR count). The van der Waals surface area contributed by atoms with Crippen LogP contribution >= 0.6 is 0 Å². The van der Waals surface area contributed by atoms with Gasteiger partial charge in [0.1, 0.15) is 0 Å². The van der Waals surface area contributed by atoms with Gasteiger partial charge in [0.2, 0.25) is 0 Å². The van der Waals surface area contributed by atoms with Gasteiger partial charge in [-0.05, 0) is 50.9 Å². The van der Waals surface area contributed by atoms with Crippen LogP contribution in [0.3, 0.4) is 0 Å². The molecule has 23 heavy (non-hydrogen) atoms. The molecule has 2 heteroatoms. The van der Waals surface area contributed by atoms with Crippen molar-refractivity contribution in [2.24, 2.45) is 0 Å². The molecule has 0 aromatic heterocycles. The Morgan fingerprint density at radius 2 is 1.65 bits per heavy atom. The van der Waals surface area contributed by atoms with Crippen LogP contribution < -0.4 is 0 Å². The Bertz CT molecular complexity index is 681. The lowest BCUT2D eigenvalue weighted by molar-refractivity contribution is 0.103. The van der Waals surface area contributed by atoms with Crippen LogP contribution in [0.4, 0.5) is 0 Å². The Labute approximate surface area is 139 Å². The summed E-state index contributed by atoms with van der Waals surface area (Å²) in [6, 6.07) is 14.2. The fourth-order valence-corrected chi connectivity index (χ4v) is 3.36. The molecule has 0 N–H and O–H groups in total. The van der Waals surface area contributed by atoms with Crippen molar-refractivity contribution < 1.29 is 4.79 Å². The molecule has 0 atom stereocenters. The number of ketones is 1. The summed E-state index contributed by atoms with van der Waals surface area (Å²) in [5.41, 5.74) is 5.12. The van der Waals surface area contributed by atoms with Gasteiger partial charge in [0.25, 0.3) is 0 Å². The van der Waals surface area contributed by atoms with Gasteiger partial charge in [0, 0.05) is 17.7 Å². The second-order valence-corrected chi connectivity index (χ2v) is 6.68. The third-order valence-corrected chi connectivity index (χ3v) is 4.70. The number of carbonyl (C=O) groups excluding carboxylic acids is 1. The first-order chi connectivity index (χ1) is 11.1. The highest BCUT2D eigenvalue weighted by molar-refractivity contribution is 6.09. The first-order valence-corrected chi connectivity index (χ1v) is 8.57. The van der Waals surface area contributed by atoms with Gasteiger partial charge in [-0.3, -0.25) is 9.69 Å². The average molecular weight is 307 g/mol. The molecular weight excluding hydrogens is 282 g/mol. The Balaban J connectivity index is 1.72. The molecule has 2 aromatic rings. The summed E-state index contributed by atoms with van der Waals surface area (Å²) in [5, 5.41) is 0. The Kier molecular flexibility index (Phi) is 4.92. The lowest BCUT2D eigenvalue weighted by Gasteiger charge is -2.26. The van der Waals surface area contributed by atoms with E-state index < -0.39 is 0 Å². The second-order valence-electron chi connectivity index (χ2n) is 6.68. The fourth-order valence-electron chi connectivity index (χ4n) is 3.36. The Morgan fingerprint density at radius 3 is 2.30 bits per heavy atom. The topological polar surface area (TPSA) is 20.3 Å². The lowest BCUT2D eigenvalue weighted by atomic mass is 9.97. The first-order valence-electron chi connectivity index (χ1n) is 8.57. The molecule has 0 bridgehead atoms. The van der Waals surface area contributed by atoms with Gasteiger partial charge in [-0.1, -0.05) is 54.4 Å². The molecule has 1 aliphatic heterocycles. The zero-order valence-corrected chi connectivity index (χ0v) is 14.1. The van der Waals surface area contributed by atoms with Crippen LogP contribution in [0.1, 0.15) is 51.9 Å². The normalized spacial score (nSPS) is 15.6. The van der Waals surface area contributed by atoms with Crippen LogP contribution in [0.2, 0.25) is 0 Å². The average Bonchev–Trinajstić information content (AvgIpc) is 2.56. The van der Waals surface area contributed by atoms with Gasteiger partial charge in [-0.15, -0.1) is 0 Å². The van der Waals surface area contributed by atoms with Crippen molar-refractivity contribution >= 4 is 5.78 Å². The molecule has 1 fully saturated rings. The molecule has 0 spiro atoms. The molecular formula is C21H25NO. The van der Waals surface area contributed by atoms with Crippen molar-refractivity contribution in [3.8, 4) is 0 Å². The smallest absolute Gasteiger partial charge is 0.193 e. The van der Waals surface area contributed by atoms with E-state index in [1.54, 1.807) is 0 Å². The van der Waals surface area contributed by atoms with Gasteiger partial charge < -0.3 is 0 Å². The summed E-state index contributed by atoms with van der Waals surface area (Å²) < 4.78 is 0. The van der Waals surface area contributed by atoms with Gasteiger partial charge in [0.15, 0.2) is 5.78 Å². The molecule has 2 aromatic carbocycles. The SMILES string of the molecule is Cc1ccc(C(=O)c2ccc(CN3CCCCC3)cc2)c(C)c1. The highest BCUT2D eigenvalue weighted by atomic mass is 16.1. The lowest BCUT2D eigenvalue weighted by Crippen LogP contribution is -2.29. The van der Waals surface area contributed by atoms with E-state index in [1.807, 2.05) is 31.2 Å². The first kappa shape index (κ1) is 15.9. The maximum Gasteiger partial charge on any atom is 0.193 e. The van der Waals surface area contributed by atoms with Crippen molar-refractivity contribution in [3.63, 3.8) is 0 Å². The molecule has 0 saturated carbocycles. The number of piperidine rings is 1. The summed E-state index contributed by atoms with van der Waals surface area (Å²) in [7, 11) is 0. The fraction of sp³-hybridized carbons (Fsp3) is 0.381. The highest BCUT2D eigenvalue weighted by Crippen LogP contribution is 2.18. The van der Waals surface area contributed by atoms with Crippen molar-refractivity contribution in [3.05, 3.63) is 70.3 Å². The number of rotatable bonds is 4. The molecule has 120 valence electrons. The summed E-state index contributed by atoms with van der Waals surface area (Å²) in [4.78, 5) is 15.2. The molecule has 1 saturated heterocycles. The third kappa shape index (κ3) is 3.89. The maximum absolute atomic E-state index is 12.7. The zero-order chi connectivity index (χ0) is 16.2. The van der Waals surface area contributed by atoms with E-state index in [0.29, 0.717) is 0 Å². The van der Waals surface area contributed by atoms with Crippen LogP contribution in [0, 0.1) is 13.8 Å². The molecule has 0 amide bonds. The summed E-state index contributed by atoms with van der Waals surface area (Å²) in [6.45, 7) is 7.45. The quantitative estimate of drug-likeness (QED) is 0.774. The Hall–Kier alpha value is -1.93. The van der Waals surface area contributed by atoms with Crippen molar-refractivity contribution in [1.29, 1.82) is 0 Å². The van der Waals surface area contributed by atoms with Crippen LogP contribution in [-0.4, -0.2) is 23.8 Å². The zero-order valence-electron chi connectivity index (χ0n) is 14.1. The standard InChI is InChI=1S/C21H25NO/c1-16-6-11-20(17(2)14-16)21(23)19-9-7-18(8-10-19)15-22-12-4-3-5-13-22/h6-11,14H,3-5,12-13,15H2,1-2H3. The molecule has 0 radical (unpaired) electrons. The number of carbonyl (C=O) groups is 1. The minimum atomic E-state index is 0.118. The van der Waals surface area contributed by atoms with E-state index in [-0.39, 0.29) is 5.78 Å². The number of aryl methyl sites for hydroxylation is 2. The summed E-state index contributed by atoms with van der Waals surface area (Å²) in [5.74, 6) is 0.118. The third-order valence-electron chi connectivity index (χ3n) is 4.70. The number of nitrogens with zero attached hydrogens (tertiary/aromatic N) is 1. The van der Waals surface area contributed by atoms with Crippen LogP contribution in [0.25, 0.3) is 0 Å². The van der Waals surface area contributed by atoms with Crippen LogP contribution in [0.15, 0.2) is 42.5 Å². The number of benzene rings is 2. The van der Waals surface area contributed by atoms with E-state index in [9.17, 15) is 4.79 Å². The summed E-state index contributed by atoms with van der Waals surface area (Å²) in [6.07, 6.45) is 3.98. The summed E-state index contributed by atoms with van der Waals surface area (Å²) >= 11 is 0. The largest absolute Gasteiger partial charge is 0.299 e. The molecule has 1 heterocycles. The van der Waals surface area contributed by atoms with Gasteiger partial charge in [0.05, 0.1) is 0 Å². The van der Waals surface area contributed by atoms with Crippen molar-refractivity contribution in [1.82, 2.24) is 4.90 Å². The van der Waals surface area contributed by atoms with E-state index in [2.05, 4.69) is 30.0 Å². The molecule has 2 nitrogen and oxygen atoms in total. The maximum atomic E-state index is 12.7. The predicted molar refractivity (Wildman–Crippen MR) is 94.9 cm³/mol. The monoisotopic (exact) mass is 307 g/mol. The number of hydrogen-bond donors (Lipinski definition) is 0. The number of likely N-dealkylation sites (tertiary alicyclic amines) is 1. The molecule has 1 aliphatic rings. The van der Waals surface area contributed by atoms with Crippen LogP contribution in [0.5, 0.6) is 0 Å². The van der Waals surface area contributed by atoms with Gasteiger partial charge in [-0.25, -0.2) is 0 Å². The Morgan fingerprint density at radius 1 is 0.957 bits per heavy atom. The molecule has 0 unspecified atom stereocenters. The van der Waals surface area contributed by atoms with E-state index in [1.165, 1.54) is 43.5 Å².